The van der Waals surface area contributed by atoms with Gasteiger partial charge in [-0.1, -0.05) is 61.0 Å². The summed E-state index contributed by atoms with van der Waals surface area (Å²) in [5.41, 5.74) is 0.343. The Balaban J connectivity index is 1.15. The molecule has 0 saturated carbocycles. The van der Waals surface area contributed by atoms with Crippen molar-refractivity contribution in [2.24, 2.45) is 0 Å². The highest BCUT2D eigenvalue weighted by atomic mass is 31.2. The first-order chi connectivity index (χ1) is 22.7. The van der Waals surface area contributed by atoms with Crippen molar-refractivity contribution in [3.63, 3.8) is 0 Å². The molecule has 0 bridgehead atoms. The minimum absolute atomic E-state index is 0.282. The molecule has 2 heterocycles. The highest BCUT2D eigenvalue weighted by Crippen LogP contribution is 2.56. The molecule has 0 aliphatic carbocycles. The molecule has 1 aromatic heterocycles. The highest BCUT2D eigenvalue weighted by molar-refractivity contribution is 7.95. The molecule has 4 atom stereocenters. The van der Waals surface area contributed by atoms with Crippen LogP contribution < -0.4 is 25.8 Å². The van der Waals surface area contributed by atoms with Gasteiger partial charge in [-0.15, -0.1) is 0 Å². The lowest BCUT2D eigenvalue weighted by molar-refractivity contribution is -0.765. The summed E-state index contributed by atoms with van der Waals surface area (Å²) in [4.78, 5) is 30.8. The Bertz CT molecular complexity index is 1530. The third kappa shape index (κ3) is 8.79. The van der Waals surface area contributed by atoms with E-state index in [-0.39, 0.29) is 5.91 Å². The number of amides is 1. The molecule has 12 heteroatoms. The number of aliphatic hydroxyl groups excluding tert-OH is 2. The molecule has 0 unspecified atom stereocenters. The van der Waals surface area contributed by atoms with Gasteiger partial charge >= 0.3 is 7.82 Å². The Kier molecular flexibility index (Phi) is 12.1. The SMILES string of the molecule is O=C(NCCCCCC[P+](c1ccccc1)(c1ccccc1)c1ccccc1)c1ccc[n+]([C@@H]2O[C@H](COP(=O)(O)O)[C@@H](O)[C@H]2O)c1. The zero-order chi connectivity index (χ0) is 33.3. The quantitative estimate of drug-likeness (QED) is 0.0732. The summed E-state index contributed by atoms with van der Waals surface area (Å²) in [6.45, 7) is -0.0969. The van der Waals surface area contributed by atoms with Crippen molar-refractivity contribution in [3.05, 3.63) is 121 Å². The third-order valence-electron chi connectivity index (χ3n) is 8.42. The molecule has 1 aliphatic heterocycles. The number of hydrogen-bond donors (Lipinski definition) is 5. The number of aliphatic hydroxyl groups is 2. The number of phosphoric ester groups is 1. The van der Waals surface area contributed by atoms with Crippen LogP contribution in [0.5, 0.6) is 0 Å². The second kappa shape index (κ2) is 16.2. The van der Waals surface area contributed by atoms with Gasteiger partial charge in [0.2, 0.25) is 0 Å². The number of benzene rings is 3. The molecule has 47 heavy (non-hydrogen) atoms. The molecule has 4 aromatic rings. The molecular weight excluding hydrogens is 638 g/mol. The number of carbonyl (C=O) groups excluding carboxylic acids is 1. The number of rotatable bonds is 15. The molecular formula is C35H42N2O8P2+2. The predicted octanol–water partition coefficient (Wildman–Crippen LogP) is 2.99. The monoisotopic (exact) mass is 680 g/mol. The highest BCUT2D eigenvalue weighted by Gasteiger charge is 2.49. The molecule has 1 aliphatic rings. The number of pyridine rings is 1. The van der Waals surface area contributed by atoms with Crippen LogP contribution >= 0.6 is 15.1 Å². The minimum Gasteiger partial charge on any atom is -0.387 e. The van der Waals surface area contributed by atoms with Crippen LogP contribution in [0.3, 0.4) is 0 Å². The van der Waals surface area contributed by atoms with Crippen LogP contribution in [0.4, 0.5) is 0 Å². The maximum absolute atomic E-state index is 12.9. The van der Waals surface area contributed by atoms with Gasteiger partial charge in [0.15, 0.2) is 18.5 Å². The largest absolute Gasteiger partial charge is 0.469 e. The lowest BCUT2D eigenvalue weighted by Crippen LogP contribution is -2.46. The number of aromatic nitrogens is 1. The molecule has 10 nitrogen and oxygen atoms in total. The Labute approximate surface area is 275 Å². The van der Waals surface area contributed by atoms with Crippen molar-refractivity contribution in [2.75, 3.05) is 19.3 Å². The van der Waals surface area contributed by atoms with Crippen LogP contribution in [-0.4, -0.2) is 63.5 Å². The number of carbonyl (C=O) groups is 1. The van der Waals surface area contributed by atoms with E-state index in [9.17, 15) is 19.6 Å². The number of unbranched alkanes of at least 4 members (excludes halogenated alkanes) is 3. The number of nitrogens with one attached hydrogen (secondary N) is 1. The van der Waals surface area contributed by atoms with E-state index in [1.807, 2.05) is 0 Å². The van der Waals surface area contributed by atoms with Crippen molar-refractivity contribution >= 4 is 36.9 Å². The van der Waals surface area contributed by atoms with Crippen LogP contribution in [0.15, 0.2) is 116 Å². The summed E-state index contributed by atoms with van der Waals surface area (Å²) < 4.78 is 22.5. The van der Waals surface area contributed by atoms with E-state index < -0.39 is 46.2 Å². The topological polar surface area (TPSA) is 149 Å². The molecule has 0 radical (unpaired) electrons. The summed E-state index contributed by atoms with van der Waals surface area (Å²) >= 11 is 0. The van der Waals surface area contributed by atoms with Crippen LogP contribution in [0, 0.1) is 0 Å². The summed E-state index contributed by atoms with van der Waals surface area (Å²) in [6, 6.07) is 35.8. The van der Waals surface area contributed by atoms with E-state index in [1.165, 1.54) is 26.7 Å². The standard InChI is InChI=1S/C35H40N2O8P2/c38-32-31(26-44-47(41,42)43)45-35(33(32)39)37-23-14-15-27(25-37)34(40)36-22-12-1-2-13-24-46(28-16-6-3-7-17-28,29-18-8-4-9-19-29)30-20-10-5-11-21-30/h3-11,14-21,23,25,31-33,35,38-39H,1-2,12-13,22,24,26H2,(H-2,36,40,41,42,43)/p+2/t31-,32-,33-,35-/m1/s1. The molecule has 0 spiro atoms. The second-order valence-electron chi connectivity index (χ2n) is 11.6. The van der Waals surface area contributed by atoms with Gasteiger partial charge in [0, 0.05) is 12.6 Å². The second-order valence-corrected chi connectivity index (χ2v) is 16.4. The fourth-order valence-corrected chi connectivity index (χ4v) is 10.8. The zero-order valence-corrected chi connectivity index (χ0v) is 27.8. The fraction of sp³-hybridized carbons (Fsp3) is 0.314. The van der Waals surface area contributed by atoms with Crippen molar-refractivity contribution in [2.45, 2.75) is 50.2 Å². The number of phosphoric acid groups is 1. The van der Waals surface area contributed by atoms with E-state index in [4.69, 9.17) is 14.5 Å². The van der Waals surface area contributed by atoms with Crippen LogP contribution in [0.1, 0.15) is 42.3 Å². The normalized spacial score (nSPS) is 19.8. The molecule has 5 N–H and O–H groups in total. The Hall–Kier alpha value is -3.30. The maximum atomic E-state index is 12.9. The summed E-state index contributed by atoms with van der Waals surface area (Å²) in [5, 5.41) is 27.9. The van der Waals surface area contributed by atoms with Gasteiger partial charge in [0.1, 0.15) is 40.9 Å². The fourth-order valence-electron chi connectivity index (χ4n) is 6.08. The molecule has 248 valence electrons. The zero-order valence-electron chi connectivity index (χ0n) is 26.0. The van der Waals surface area contributed by atoms with Gasteiger partial charge in [-0.05, 0) is 61.7 Å². The minimum atomic E-state index is -4.77. The lowest BCUT2D eigenvalue weighted by Gasteiger charge is -2.27. The van der Waals surface area contributed by atoms with Gasteiger partial charge in [-0.25, -0.2) is 4.57 Å². The van der Waals surface area contributed by atoms with Crippen LogP contribution in [0.25, 0.3) is 0 Å². The Morgan fingerprint density at radius 3 is 1.89 bits per heavy atom. The first kappa shape index (κ1) is 35.0. The van der Waals surface area contributed by atoms with Gasteiger partial charge < -0.3 is 30.1 Å². The van der Waals surface area contributed by atoms with Gasteiger partial charge in [0.25, 0.3) is 12.1 Å². The molecule has 1 saturated heterocycles. The first-order valence-electron chi connectivity index (χ1n) is 15.7. The van der Waals surface area contributed by atoms with Gasteiger partial charge in [0.05, 0.1) is 12.8 Å². The van der Waals surface area contributed by atoms with Crippen molar-refractivity contribution < 1.29 is 43.2 Å². The Morgan fingerprint density at radius 1 is 0.787 bits per heavy atom. The number of hydrogen-bond acceptors (Lipinski definition) is 6. The molecule has 1 amide bonds. The van der Waals surface area contributed by atoms with Crippen molar-refractivity contribution in [3.8, 4) is 0 Å². The third-order valence-corrected chi connectivity index (χ3v) is 13.4. The van der Waals surface area contributed by atoms with Crippen LogP contribution in [-0.2, 0) is 13.8 Å². The van der Waals surface area contributed by atoms with Crippen LogP contribution in [0.2, 0.25) is 0 Å². The average Bonchev–Trinajstić information content (AvgIpc) is 3.38. The first-order valence-corrected chi connectivity index (χ1v) is 19.2. The lowest BCUT2D eigenvalue weighted by atomic mass is 10.1. The van der Waals surface area contributed by atoms with Gasteiger partial charge in [-0.3, -0.25) is 9.32 Å². The Morgan fingerprint density at radius 2 is 1.34 bits per heavy atom. The molecule has 1 fully saturated rings. The summed E-state index contributed by atoms with van der Waals surface area (Å²) in [7, 11) is -6.63. The van der Waals surface area contributed by atoms with E-state index in [0.29, 0.717) is 12.1 Å². The summed E-state index contributed by atoms with van der Waals surface area (Å²) in [6.07, 6.45) is 2.94. The van der Waals surface area contributed by atoms with Crippen molar-refractivity contribution in [1.82, 2.24) is 5.32 Å². The van der Waals surface area contributed by atoms with Crippen molar-refractivity contribution in [1.29, 1.82) is 0 Å². The van der Waals surface area contributed by atoms with Gasteiger partial charge in [-0.2, -0.15) is 4.57 Å². The smallest absolute Gasteiger partial charge is 0.387 e. The van der Waals surface area contributed by atoms with E-state index in [1.54, 1.807) is 18.3 Å². The average molecular weight is 681 g/mol. The summed E-state index contributed by atoms with van der Waals surface area (Å²) in [5.74, 6) is -0.282. The van der Waals surface area contributed by atoms with E-state index >= 15 is 0 Å². The van der Waals surface area contributed by atoms with E-state index in [0.717, 1.165) is 31.8 Å². The number of ether oxygens (including phenoxy) is 1. The number of nitrogens with zero attached hydrogens (tertiary/aromatic N) is 1. The van der Waals surface area contributed by atoms with E-state index in [2.05, 4.69) is 101 Å². The molecule has 3 aromatic carbocycles. The maximum Gasteiger partial charge on any atom is 0.469 e. The predicted molar refractivity (Wildman–Crippen MR) is 181 cm³/mol. The molecule has 5 rings (SSSR count).